The Labute approximate surface area is 159 Å². The van der Waals surface area contributed by atoms with E-state index in [0.29, 0.717) is 11.8 Å². The molecular formula is C21H25N5O. The molecule has 6 heteroatoms. The van der Waals surface area contributed by atoms with Crippen LogP contribution >= 0.6 is 0 Å². The smallest absolute Gasteiger partial charge is 0.118 e. The quantitative estimate of drug-likeness (QED) is 0.715. The molecule has 2 atom stereocenters. The van der Waals surface area contributed by atoms with Crippen molar-refractivity contribution in [2.75, 3.05) is 20.2 Å². The molecule has 1 fully saturated rings. The van der Waals surface area contributed by atoms with Crippen LogP contribution in [0.4, 0.5) is 0 Å². The van der Waals surface area contributed by atoms with Crippen LogP contribution in [-0.2, 0) is 26.6 Å². The van der Waals surface area contributed by atoms with Gasteiger partial charge in [-0.3, -0.25) is 9.58 Å². The van der Waals surface area contributed by atoms with Gasteiger partial charge in [-0.05, 0) is 36.1 Å². The van der Waals surface area contributed by atoms with E-state index in [1.807, 2.05) is 36.3 Å². The molecule has 0 N–H and O–H groups in total. The summed E-state index contributed by atoms with van der Waals surface area (Å²) < 4.78 is 9.60. The SMILES string of the molecule is COc1ccc(-c2cnc3n2C[C@H]2CN(Cc4cnn(C)c4)C[C@@H]2C3)cc1. The minimum absolute atomic E-state index is 0.695. The third kappa shape index (κ3) is 3.04. The molecule has 2 aromatic heterocycles. The molecule has 0 bridgehead atoms. The summed E-state index contributed by atoms with van der Waals surface area (Å²) in [5.74, 6) is 3.52. The van der Waals surface area contributed by atoms with Gasteiger partial charge in [-0.1, -0.05) is 0 Å². The maximum atomic E-state index is 5.28. The Hall–Kier alpha value is -2.60. The zero-order valence-electron chi connectivity index (χ0n) is 15.9. The van der Waals surface area contributed by atoms with Crippen LogP contribution in [0.5, 0.6) is 5.75 Å². The van der Waals surface area contributed by atoms with Gasteiger partial charge in [0.2, 0.25) is 0 Å². The molecule has 2 aliphatic rings. The molecule has 0 unspecified atom stereocenters. The molecule has 0 amide bonds. The van der Waals surface area contributed by atoms with E-state index in [0.717, 1.165) is 38.3 Å². The number of ether oxygens (including phenoxy) is 1. The highest BCUT2D eigenvalue weighted by atomic mass is 16.5. The fourth-order valence-corrected chi connectivity index (χ4v) is 4.66. The molecule has 27 heavy (non-hydrogen) atoms. The first-order chi connectivity index (χ1) is 13.2. The van der Waals surface area contributed by atoms with Crippen LogP contribution in [0.3, 0.4) is 0 Å². The van der Waals surface area contributed by atoms with Gasteiger partial charge in [0, 0.05) is 57.0 Å². The predicted molar refractivity (Wildman–Crippen MR) is 103 cm³/mol. The van der Waals surface area contributed by atoms with Gasteiger partial charge in [-0.15, -0.1) is 0 Å². The zero-order chi connectivity index (χ0) is 18.4. The summed E-state index contributed by atoms with van der Waals surface area (Å²) in [6.45, 7) is 4.36. The summed E-state index contributed by atoms with van der Waals surface area (Å²) in [6.07, 6.45) is 7.21. The fraction of sp³-hybridized carbons (Fsp3) is 0.429. The highest BCUT2D eigenvalue weighted by Crippen LogP contribution is 2.36. The molecule has 1 saturated heterocycles. The van der Waals surface area contributed by atoms with Gasteiger partial charge in [0.25, 0.3) is 0 Å². The molecule has 0 spiro atoms. The van der Waals surface area contributed by atoms with Crippen molar-refractivity contribution in [1.29, 1.82) is 0 Å². The van der Waals surface area contributed by atoms with E-state index in [1.165, 1.54) is 22.6 Å². The van der Waals surface area contributed by atoms with Gasteiger partial charge < -0.3 is 9.30 Å². The van der Waals surface area contributed by atoms with Gasteiger partial charge in [0.15, 0.2) is 0 Å². The predicted octanol–water partition coefficient (Wildman–Crippen LogP) is 2.60. The lowest BCUT2D eigenvalue weighted by Crippen LogP contribution is -2.28. The second-order valence-corrected chi connectivity index (χ2v) is 7.84. The lowest BCUT2D eigenvalue weighted by atomic mass is 9.89. The van der Waals surface area contributed by atoms with Crippen molar-refractivity contribution in [1.82, 2.24) is 24.2 Å². The third-order valence-corrected chi connectivity index (χ3v) is 6.00. The minimum atomic E-state index is 0.695. The maximum absolute atomic E-state index is 5.28. The van der Waals surface area contributed by atoms with Gasteiger partial charge >= 0.3 is 0 Å². The van der Waals surface area contributed by atoms with Gasteiger partial charge in [-0.2, -0.15) is 5.10 Å². The highest BCUT2D eigenvalue weighted by molar-refractivity contribution is 5.60. The molecule has 0 aliphatic carbocycles. The fourth-order valence-electron chi connectivity index (χ4n) is 4.66. The van der Waals surface area contributed by atoms with E-state index in [9.17, 15) is 0 Å². The molecule has 4 heterocycles. The zero-order valence-corrected chi connectivity index (χ0v) is 15.9. The monoisotopic (exact) mass is 363 g/mol. The third-order valence-electron chi connectivity index (χ3n) is 6.00. The number of imidazole rings is 1. The molecule has 0 saturated carbocycles. The lowest BCUT2D eigenvalue weighted by Gasteiger charge is -2.27. The number of likely N-dealkylation sites (tertiary alicyclic amines) is 1. The maximum Gasteiger partial charge on any atom is 0.118 e. The molecule has 0 radical (unpaired) electrons. The average Bonchev–Trinajstić information content (AvgIpc) is 3.38. The number of hydrogen-bond donors (Lipinski definition) is 0. The Bertz CT molecular complexity index is 942. The molecular weight excluding hydrogens is 338 g/mol. The number of benzene rings is 1. The van der Waals surface area contributed by atoms with Crippen LogP contribution < -0.4 is 4.74 Å². The Morgan fingerprint density at radius 3 is 2.63 bits per heavy atom. The molecule has 140 valence electrons. The van der Waals surface area contributed by atoms with Gasteiger partial charge in [-0.25, -0.2) is 4.98 Å². The van der Waals surface area contributed by atoms with Crippen molar-refractivity contribution >= 4 is 0 Å². The Kier molecular flexibility index (Phi) is 4.01. The van der Waals surface area contributed by atoms with Crippen molar-refractivity contribution < 1.29 is 4.74 Å². The number of methoxy groups -OCH3 is 1. The van der Waals surface area contributed by atoms with Gasteiger partial charge in [0.05, 0.1) is 25.2 Å². The highest BCUT2D eigenvalue weighted by Gasteiger charge is 2.37. The van der Waals surface area contributed by atoms with Crippen LogP contribution in [-0.4, -0.2) is 44.4 Å². The van der Waals surface area contributed by atoms with Crippen molar-refractivity contribution in [3.63, 3.8) is 0 Å². The number of aromatic nitrogens is 4. The Morgan fingerprint density at radius 1 is 1.07 bits per heavy atom. The summed E-state index contributed by atoms with van der Waals surface area (Å²) in [4.78, 5) is 7.32. The van der Waals surface area contributed by atoms with Crippen molar-refractivity contribution in [2.24, 2.45) is 18.9 Å². The largest absolute Gasteiger partial charge is 0.497 e. The van der Waals surface area contributed by atoms with Crippen molar-refractivity contribution in [3.05, 3.63) is 54.2 Å². The van der Waals surface area contributed by atoms with Crippen molar-refractivity contribution in [2.45, 2.75) is 19.5 Å². The molecule has 3 aromatic rings. The van der Waals surface area contributed by atoms with E-state index < -0.39 is 0 Å². The normalized spacial score (nSPS) is 21.9. The standard InChI is InChI=1S/C21H25N5O/c1-24-10-15(8-23-24)11-25-12-17-7-21-22-9-20(26(21)14-18(17)13-25)16-3-5-19(27-2)6-4-16/h3-6,8-10,17-18H,7,11-14H2,1-2H3/t17-,18+/m0/s1. The van der Waals surface area contributed by atoms with Crippen LogP contribution in [0.15, 0.2) is 42.9 Å². The van der Waals surface area contributed by atoms with Crippen molar-refractivity contribution in [3.8, 4) is 17.0 Å². The topological polar surface area (TPSA) is 48.1 Å². The van der Waals surface area contributed by atoms with E-state index in [1.54, 1.807) is 7.11 Å². The van der Waals surface area contributed by atoms with E-state index in [4.69, 9.17) is 9.72 Å². The number of nitrogens with zero attached hydrogens (tertiary/aromatic N) is 5. The molecule has 6 nitrogen and oxygen atoms in total. The number of hydrogen-bond acceptors (Lipinski definition) is 4. The second kappa shape index (κ2) is 6.53. The van der Waals surface area contributed by atoms with Crippen LogP contribution in [0.25, 0.3) is 11.3 Å². The van der Waals surface area contributed by atoms with Crippen LogP contribution in [0, 0.1) is 11.8 Å². The number of fused-ring (bicyclic) bond motifs is 2. The van der Waals surface area contributed by atoms with Crippen LogP contribution in [0.1, 0.15) is 11.4 Å². The molecule has 2 aliphatic heterocycles. The summed E-state index contributed by atoms with van der Waals surface area (Å²) in [5, 5.41) is 4.30. The van der Waals surface area contributed by atoms with E-state index in [-0.39, 0.29) is 0 Å². The Morgan fingerprint density at radius 2 is 1.89 bits per heavy atom. The summed E-state index contributed by atoms with van der Waals surface area (Å²) in [5.41, 5.74) is 3.72. The van der Waals surface area contributed by atoms with Gasteiger partial charge in [0.1, 0.15) is 11.6 Å². The first kappa shape index (κ1) is 16.6. The summed E-state index contributed by atoms with van der Waals surface area (Å²) >= 11 is 0. The minimum Gasteiger partial charge on any atom is -0.497 e. The number of rotatable bonds is 4. The van der Waals surface area contributed by atoms with E-state index >= 15 is 0 Å². The summed E-state index contributed by atoms with van der Waals surface area (Å²) in [7, 11) is 3.68. The van der Waals surface area contributed by atoms with Crippen LogP contribution in [0.2, 0.25) is 0 Å². The Balaban J connectivity index is 1.33. The molecule has 1 aromatic carbocycles. The number of aryl methyl sites for hydroxylation is 1. The summed E-state index contributed by atoms with van der Waals surface area (Å²) in [6, 6.07) is 8.29. The van der Waals surface area contributed by atoms with E-state index in [2.05, 4.69) is 32.9 Å². The first-order valence-corrected chi connectivity index (χ1v) is 9.58. The first-order valence-electron chi connectivity index (χ1n) is 9.58. The second-order valence-electron chi connectivity index (χ2n) is 7.84. The average molecular weight is 363 g/mol. The molecule has 5 rings (SSSR count). The lowest BCUT2D eigenvalue weighted by molar-refractivity contribution is 0.307.